The molecule has 4 atom stereocenters. The molecule has 0 saturated carbocycles. The molecule has 0 spiro atoms. The second-order valence-corrected chi connectivity index (χ2v) is 6.56. The quantitative estimate of drug-likeness (QED) is 0.390. The van der Waals surface area contributed by atoms with Crippen molar-refractivity contribution in [3.05, 3.63) is 23.8 Å². The summed E-state index contributed by atoms with van der Waals surface area (Å²) in [6, 6.07) is 3.96. The maximum absolute atomic E-state index is 12.5. The highest BCUT2D eigenvalue weighted by Crippen LogP contribution is 2.31. The normalized spacial score (nSPS) is 28.2. The van der Waals surface area contributed by atoms with E-state index in [4.69, 9.17) is 4.74 Å². The van der Waals surface area contributed by atoms with Crippen molar-refractivity contribution < 1.29 is 29.6 Å². The van der Waals surface area contributed by atoms with Gasteiger partial charge >= 0.3 is 0 Å². The van der Waals surface area contributed by atoms with Gasteiger partial charge in [-0.05, 0) is 25.8 Å². The SMILES string of the molecule is COc1ccc2c(c1)NC(=O)[C@@H](C)NC(O)CNC(=O)CCCC(O)C2O. The topological polar surface area (TPSA) is 140 Å². The molecule has 1 aromatic rings. The van der Waals surface area contributed by atoms with Gasteiger partial charge in [-0.3, -0.25) is 14.9 Å². The first-order valence-corrected chi connectivity index (χ1v) is 8.87. The third kappa shape index (κ3) is 5.90. The number of ether oxygens (including phenoxy) is 1. The van der Waals surface area contributed by atoms with Crippen LogP contribution in [0.4, 0.5) is 5.69 Å². The number of benzene rings is 1. The van der Waals surface area contributed by atoms with Crippen LogP contribution >= 0.6 is 0 Å². The summed E-state index contributed by atoms with van der Waals surface area (Å²) in [5.41, 5.74) is 0.641. The Hall–Kier alpha value is -2.20. The Balaban J connectivity index is 2.31. The first kappa shape index (κ1) is 21.1. The maximum atomic E-state index is 12.5. The number of fused-ring (bicyclic) bond motifs is 1. The summed E-state index contributed by atoms with van der Waals surface area (Å²) in [4.78, 5) is 24.2. The van der Waals surface area contributed by atoms with Crippen LogP contribution in [0.5, 0.6) is 5.75 Å². The summed E-state index contributed by atoms with van der Waals surface area (Å²) in [6.07, 6.45) is -2.73. The number of anilines is 1. The molecule has 1 aromatic carbocycles. The lowest BCUT2D eigenvalue weighted by Gasteiger charge is -2.23. The van der Waals surface area contributed by atoms with Gasteiger partial charge in [-0.1, -0.05) is 6.07 Å². The zero-order valence-electron chi connectivity index (χ0n) is 15.4. The van der Waals surface area contributed by atoms with Crippen molar-refractivity contribution in [1.29, 1.82) is 0 Å². The van der Waals surface area contributed by atoms with Crippen molar-refractivity contribution in [2.24, 2.45) is 0 Å². The van der Waals surface area contributed by atoms with Crippen molar-refractivity contribution in [2.75, 3.05) is 19.0 Å². The Morgan fingerprint density at radius 1 is 1.19 bits per heavy atom. The second kappa shape index (κ2) is 9.65. The van der Waals surface area contributed by atoms with Gasteiger partial charge in [0.15, 0.2) is 0 Å². The minimum absolute atomic E-state index is 0.0496. The van der Waals surface area contributed by atoms with Gasteiger partial charge in [0, 0.05) is 18.1 Å². The fourth-order valence-corrected chi connectivity index (χ4v) is 2.83. The predicted molar refractivity (Wildman–Crippen MR) is 98.1 cm³/mol. The number of aliphatic hydroxyl groups excluding tert-OH is 3. The number of rotatable bonds is 1. The Morgan fingerprint density at radius 2 is 1.93 bits per heavy atom. The Labute approximate surface area is 157 Å². The molecule has 150 valence electrons. The summed E-state index contributed by atoms with van der Waals surface area (Å²) < 4.78 is 5.16. The highest BCUT2D eigenvalue weighted by molar-refractivity contribution is 5.95. The van der Waals surface area contributed by atoms with Crippen molar-refractivity contribution in [1.82, 2.24) is 10.6 Å². The van der Waals surface area contributed by atoms with Gasteiger partial charge in [0.25, 0.3) is 0 Å². The number of hydrogen-bond donors (Lipinski definition) is 6. The minimum Gasteiger partial charge on any atom is -0.497 e. The Kier molecular flexibility index (Phi) is 7.55. The molecular formula is C18H27N3O6. The van der Waals surface area contributed by atoms with E-state index in [0.717, 1.165) is 0 Å². The van der Waals surface area contributed by atoms with Crippen LogP contribution in [0, 0.1) is 0 Å². The van der Waals surface area contributed by atoms with E-state index in [2.05, 4.69) is 16.0 Å². The van der Waals surface area contributed by atoms with Gasteiger partial charge in [-0.15, -0.1) is 0 Å². The van der Waals surface area contributed by atoms with Crippen molar-refractivity contribution >= 4 is 17.5 Å². The average molecular weight is 381 g/mol. The Morgan fingerprint density at radius 3 is 2.63 bits per heavy atom. The van der Waals surface area contributed by atoms with E-state index >= 15 is 0 Å². The van der Waals surface area contributed by atoms with E-state index < -0.39 is 30.4 Å². The number of carbonyl (C=O) groups is 2. The van der Waals surface area contributed by atoms with Crippen LogP contribution in [0.2, 0.25) is 0 Å². The van der Waals surface area contributed by atoms with Crippen molar-refractivity contribution in [3.8, 4) is 5.75 Å². The zero-order chi connectivity index (χ0) is 20.0. The van der Waals surface area contributed by atoms with Crippen LogP contribution in [-0.4, -0.2) is 59.2 Å². The highest BCUT2D eigenvalue weighted by Gasteiger charge is 2.25. The maximum Gasteiger partial charge on any atom is 0.241 e. The van der Waals surface area contributed by atoms with Crippen LogP contribution in [0.25, 0.3) is 0 Å². The summed E-state index contributed by atoms with van der Waals surface area (Å²) in [5.74, 6) is -0.259. The van der Waals surface area contributed by atoms with Gasteiger partial charge in [-0.2, -0.15) is 0 Å². The second-order valence-electron chi connectivity index (χ2n) is 6.56. The number of nitrogens with one attached hydrogen (secondary N) is 3. The Bertz CT molecular complexity index is 668. The minimum atomic E-state index is -1.24. The molecule has 2 rings (SSSR count). The van der Waals surface area contributed by atoms with Gasteiger partial charge in [-0.25, -0.2) is 0 Å². The molecule has 1 aliphatic heterocycles. The number of carbonyl (C=O) groups excluding carboxylic acids is 2. The summed E-state index contributed by atoms with van der Waals surface area (Å²) >= 11 is 0. The van der Waals surface area contributed by atoms with E-state index in [1.54, 1.807) is 25.1 Å². The van der Waals surface area contributed by atoms with Gasteiger partial charge in [0.05, 0.1) is 31.5 Å². The predicted octanol–water partition coefficient (Wildman–Crippen LogP) is -0.375. The van der Waals surface area contributed by atoms with Gasteiger partial charge in [0.2, 0.25) is 11.8 Å². The van der Waals surface area contributed by atoms with Crippen molar-refractivity contribution in [3.63, 3.8) is 0 Å². The fraction of sp³-hybridized carbons (Fsp3) is 0.556. The first-order valence-electron chi connectivity index (χ1n) is 8.87. The van der Waals surface area contributed by atoms with E-state index in [-0.39, 0.29) is 25.3 Å². The zero-order valence-corrected chi connectivity index (χ0v) is 15.4. The molecule has 0 aliphatic carbocycles. The van der Waals surface area contributed by atoms with Crippen LogP contribution < -0.4 is 20.7 Å². The lowest BCUT2D eigenvalue weighted by Crippen LogP contribution is -2.48. The lowest BCUT2D eigenvalue weighted by atomic mass is 9.98. The molecule has 0 radical (unpaired) electrons. The van der Waals surface area contributed by atoms with Crippen LogP contribution in [0.15, 0.2) is 18.2 Å². The third-order valence-corrected chi connectivity index (χ3v) is 4.43. The summed E-state index contributed by atoms with van der Waals surface area (Å²) in [5, 5.41) is 38.7. The molecule has 2 amide bonds. The monoisotopic (exact) mass is 381 g/mol. The molecule has 0 bridgehead atoms. The molecule has 3 unspecified atom stereocenters. The number of methoxy groups -OCH3 is 1. The fourth-order valence-electron chi connectivity index (χ4n) is 2.83. The standard InChI is InChI=1S/C18H27N3O6/c1-10-18(26)21-13-8-11(27-2)6-7-12(13)17(25)14(22)4-3-5-15(23)19-9-16(24)20-10/h6-8,10,14,16-17,20,22,24-25H,3-5,9H2,1-2H3,(H,19,23)(H,21,26)/t10-,14?,16?,17?/m1/s1. The van der Waals surface area contributed by atoms with E-state index in [9.17, 15) is 24.9 Å². The van der Waals surface area contributed by atoms with Crippen LogP contribution in [0.3, 0.4) is 0 Å². The van der Waals surface area contributed by atoms with Crippen LogP contribution in [-0.2, 0) is 9.59 Å². The molecule has 1 aliphatic rings. The molecule has 9 heteroatoms. The largest absolute Gasteiger partial charge is 0.497 e. The summed E-state index contributed by atoms with van der Waals surface area (Å²) in [7, 11) is 1.48. The van der Waals surface area contributed by atoms with E-state index in [1.807, 2.05) is 0 Å². The highest BCUT2D eigenvalue weighted by atomic mass is 16.5. The molecule has 27 heavy (non-hydrogen) atoms. The smallest absolute Gasteiger partial charge is 0.241 e. The first-order chi connectivity index (χ1) is 12.8. The molecule has 0 aromatic heterocycles. The molecule has 9 nitrogen and oxygen atoms in total. The molecule has 6 N–H and O–H groups in total. The van der Waals surface area contributed by atoms with Gasteiger partial charge in [0.1, 0.15) is 18.1 Å². The summed E-state index contributed by atoms with van der Waals surface area (Å²) in [6.45, 7) is 1.51. The number of β-amino-alcohol motifs (C(OH)–C–C–N with tert-alkyl or cyclic N) is 1. The molecule has 0 fully saturated rings. The van der Waals surface area contributed by atoms with E-state index in [0.29, 0.717) is 23.4 Å². The molecular weight excluding hydrogens is 354 g/mol. The number of amides is 2. The third-order valence-electron chi connectivity index (χ3n) is 4.43. The van der Waals surface area contributed by atoms with Gasteiger partial charge < -0.3 is 30.7 Å². The van der Waals surface area contributed by atoms with Crippen LogP contribution in [0.1, 0.15) is 37.9 Å². The average Bonchev–Trinajstić information content (AvgIpc) is 2.64. The number of hydrogen-bond acceptors (Lipinski definition) is 7. The lowest BCUT2D eigenvalue weighted by molar-refractivity contribution is -0.122. The molecule has 1 heterocycles. The van der Waals surface area contributed by atoms with Crippen molar-refractivity contribution in [2.45, 2.75) is 50.7 Å². The molecule has 0 saturated heterocycles. The number of aliphatic hydroxyl groups is 3. The van der Waals surface area contributed by atoms with E-state index in [1.165, 1.54) is 7.11 Å².